The lowest BCUT2D eigenvalue weighted by Crippen LogP contribution is -2.36. The number of benzene rings is 2. The molecule has 0 saturated carbocycles. The standard InChI is InChI=1S/C25H33N5O2.HI/c1-18-11-12-21(24(15-18)32-14-13-31-5)16-27-25(26-4)28-17-23-19(2)29-30(20(23)3)22-9-7-6-8-10-22;/h6-12,15H,13-14,16-17H2,1-5H3,(H2,26,27,28);1H. The highest BCUT2D eigenvalue weighted by Gasteiger charge is 2.13. The molecule has 7 nitrogen and oxygen atoms in total. The molecular weight excluding hydrogens is 529 g/mol. The second-order valence-corrected chi connectivity index (χ2v) is 7.63. The van der Waals surface area contributed by atoms with E-state index in [4.69, 9.17) is 14.6 Å². The van der Waals surface area contributed by atoms with Gasteiger partial charge in [0, 0.05) is 44.1 Å². The van der Waals surface area contributed by atoms with Crippen LogP contribution in [0.1, 0.15) is 28.1 Å². The summed E-state index contributed by atoms with van der Waals surface area (Å²) in [4.78, 5) is 4.37. The van der Waals surface area contributed by atoms with Gasteiger partial charge in [0.2, 0.25) is 0 Å². The van der Waals surface area contributed by atoms with Crippen molar-refractivity contribution < 1.29 is 9.47 Å². The van der Waals surface area contributed by atoms with E-state index in [1.54, 1.807) is 14.2 Å². The summed E-state index contributed by atoms with van der Waals surface area (Å²) in [6, 6.07) is 16.4. The Balaban J connectivity index is 0.00000385. The molecule has 0 spiro atoms. The van der Waals surface area contributed by atoms with Crippen LogP contribution in [0.5, 0.6) is 5.75 Å². The van der Waals surface area contributed by atoms with E-state index in [1.165, 1.54) is 0 Å². The van der Waals surface area contributed by atoms with Gasteiger partial charge in [0.1, 0.15) is 12.4 Å². The van der Waals surface area contributed by atoms with E-state index < -0.39 is 0 Å². The topological polar surface area (TPSA) is 72.7 Å². The second-order valence-electron chi connectivity index (χ2n) is 7.63. The minimum absolute atomic E-state index is 0. The van der Waals surface area contributed by atoms with E-state index in [1.807, 2.05) is 35.9 Å². The molecule has 2 aromatic carbocycles. The average molecular weight is 563 g/mol. The number of methoxy groups -OCH3 is 1. The second kappa shape index (κ2) is 13.2. The molecule has 2 N–H and O–H groups in total. The third-order valence-corrected chi connectivity index (χ3v) is 5.31. The molecule has 178 valence electrons. The van der Waals surface area contributed by atoms with Gasteiger partial charge in [-0.3, -0.25) is 4.99 Å². The summed E-state index contributed by atoms with van der Waals surface area (Å²) in [5.74, 6) is 1.58. The Morgan fingerprint density at radius 1 is 1.00 bits per heavy atom. The number of aliphatic imine (C=N–C) groups is 1. The smallest absolute Gasteiger partial charge is 0.191 e. The van der Waals surface area contributed by atoms with Crippen LogP contribution in [-0.2, 0) is 17.8 Å². The first-order valence-corrected chi connectivity index (χ1v) is 10.8. The molecule has 0 aliphatic heterocycles. The quantitative estimate of drug-likeness (QED) is 0.176. The van der Waals surface area contributed by atoms with Gasteiger partial charge in [-0.05, 0) is 44.5 Å². The number of nitrogens with one attached hydrogen (secondary N) is 2. The zero-order chi connectivity index (χ0) is 22.9. The molecule has 0 amide bonds. The van der Waals surface area contributed by atoms with E-state index in [0.717, 1.165) is 45.5 Å². The zero-order valence-corrected chi connectivity index (χ0v) is 22.3. The molecule has 1 aromatic heterocycles. The van der Waals surface area contributed by atoms with E-state index in [2.05, 4.69) is 53.7 Å². The highest BCUT2D eigenvalue weighted by molar-refractivity contribution is 14.0. The number of rotatable bonds is 9. The SMILES string of the molecule is CN=C(NCc1ccc(C)cc1OCCOC)NCc1c(C)nn(-c2ccccc2)c1C.I. The van der Waals surface area contributed by atoms with Crippen LogP contribution < -0.4 is 15.4 Å². The monoisotopic (exact) mass is 563 g/mol. The van der Waals surface area contributed by atoms with Crippen LogP contribution in [0.3, 0.4) is 0 Å². The van der Waals surface area contributed by atoms with Gasteiger partial charge < -0.3 is 20.1 Å². The van der Waals surface area contributed by atoms with Crippen LogP contribution in [0.4, 0.5) is 0 Å². The maximum atomic E-state index is 5.89. The molecular formula is C25H34IN5O2. The molecule has 0 unspecified atom stereocenters. The first-order chi connectivity index (χ1) is 15.5. The molecule has 0 fully saturated rings. The van der Waals surface area contributed by atoms with E-state index in [-0.39, 0.29) is 24.0 Å². The molecule has 33 heavy (non-hydrogen) atoms. The maximum absolute atomic E-state index is 5.89. The van der Waals surface area contributed by atoms with E-state index in [9.17, 15) is 0 Å². The number of hydrogen-bond acceptors (Lipinski definition) is 4. The van der Waals surface area contributed by atoms with Crippen molar-refractivity contribution in [1.29, 1.82) is 0 Å². The van der Waals surface area contributed by atoms with Crippen molar-refractivity contribution >= 4 is 29.9 Å². The maximum Gasteiger partial charge on any atom is 0.191 e. The fourth-order valence-corrected chi connectivity index (χ4v) is 3.50. The summed E-state index contributed by atoms with van der Waals surface area (Å²) >= 11 is 0. The third-order valence-electron chi connectivity index (χ3n) is 5.31. The molecule has 8 heteroatoms. The summed E-state index contributed by atoms with van der Waals surface area (Å²) < 4.78 is 13.0. The summed E-state index contributed by atoms with van der Waals surface area (Å²) in [6.45, 7) is 8.49. The van der Waals surface area contributed by atoms with Gasteiger partial charge in [0.05, 0.1) is 18.0 Å². The summed E-state index contributed by atoms with van der Waals surface area (Å²) in [7, 11) is 3.44. The number of halogens is 1. The first-order valence-electron chi connectivity index (χ1n) is 10.8. The van der Waals surface area contributed by atoms with Crippen LogP contribution in [0.2, 0.25) is 0 Å². The van der Waals surface area contributed by atoms with Crippen molar-refractivity contribution in [2.75, 3.05) is 27.4 Å². The van der Waals surface area contributed by atoms with E-state index in [0.29, 0.717) is 26.3 Å². The molecule has 3 aromatic rings. The minimum atomic E-state index is 0. The number of aromatic nitrogens is 2. The van der Waals surface area contributed by atoms with E-state index >= 15 is 0 Å². The van der Waals surface area contributed by atoms with Gasteiger partial charge in [-0.1, -0.05) is 30.3 Å². The van der Waals surface area contributed by atoms with Crippen LogP contribution in [0.15, 0.2) is 53.5 Å². The van der Waals surface area contributed by atoms with Crippen molar-refractivity contribution in [3.05, 3.63) is 76.6 Å². The lowest BCUT2D eigenvalue weighted by molar-refractivity contribution is 0.145. The van der Waals surface area contributed by atoms with Gasteiger partial charge in [-0.15, -0.1) is 24.0 Å². The molecule has 3 rings (SSSR count). The molecule has 0 radical (unpaired) electrons. The fraction of sp³-hybridized carbons (Fsp3) is 0.360. The molecule has 0 saturated heterocycles. The van der Waals surface area contributed by atoms with Crippen molar-refractivity contribution in [3.63, 3.8) is 0 Å². The van der Waals surface area contributed by atoms with Gasteiger partial charge in [0.25, 0.3) is 0 Å². The Bertz CT molecular complexity index is 1050. The Morgan fingerprint density at radius 3 is 2.42 bits per heavy atom. The normalized spacial score (nSPS) is 11.1. The highest BCUT2D eigenvalue weighted by Crippen LogP contribution is 2.20. The predicted octanol–water partition coefficient (Wildman–Crippen LogP) is 4.31. The van der Waals surface area contributed by atoms with Gasteiger partial charge in [0.15, 0.2) is 5.96 Å². The van der Waals surface area contributed by atoms with Crippen molar-refractivity contribution in [3.8, 4) is 11.4 Å². The largest absolute Gasteiger partial charge is 0.491 e. The number of ether oxygens (including phenoxy) is 2. The minimum Gasteiger partial charge on any atom is -0.491 e. The average Bonchev–Trinajstić information content (AvgIpc) is 3.09. The Kier molecular flexibility index (Phi) is 10.7. The van der Waals surface area contributed by atoms with Crippen molar-refractivity contribution in [1.82, 2.24) is 20.4 Å². The van der Waals surface area contributed by atoms with Crippen molar-refractivity contribution in [2.24, 2.45) is 4.99 Å². The number of guanidine groups is 1. The van der Waals surface area contributed by atoms with Gasteiger partial charge >= 0.3 is 0 Å². The summed E-state index contributed by atoms with van der Waals surface area (Å²) in [6.07, 6.45) is 0. The number of nitrogens with zero attached hydrogens (tertiary/aromatic N) is 3. The van der Waals surface area contributed by atoms with Crippen LogP contribution in [0.25, 0.3) is 5.69 Å². The number of aryl methyl sites for hydroxylation is 2. The number of hydrogen-bond donors (Lipinski definition) is 2. The Hall–Kier alpha value is -2.59. The Morgan fingerprint density at radius 2 is 1.73 bits per heavy atom. The Labute approximate surface area is 213 Å². The van der Waals surface area contributed by atoms with Crippen LogP contribution >= 0.6 is 24.0 Å². The lowest BCUT2D eigenvalue weighted by atomic mass is 10.1. The molecule has 0 aliphatic carbocycles. The number of para-hydroxylation sites is 1. The predicted molar refractivity (Wildman–Crippen MR) is 144 cm³/mol. The van der Waals surface area contributed by atoms with Gasteiger partial charge in [-0.25, -0.2) is 4.68 Å². The molecule has 0 atom stereocenters. The third kappa shape index (κ3) is 7.20. The molecule has 0 aliphatic rings. The van der Waals surface area contributed by atoms with Crippen LogP contribution in [-0.4, -0.2) is 43.1 Å². The van der Waals surface area contributed by atoms with Crippen LogP contribution in [0, 0.1) is 20.8 Å². The van der Waals surface area contributed by atoms with Crippen molar-refractivity contribution in [2.45, 2.75) is 33.9 Å². The molecule has 1 heterocycles. The summed E-state index contributed by atoms with van der Waals surface area (Å²) in [5.41, 5.74) is 6.56. The lowest BCUT2D eigenvalue weighted by Gasteiger charge is -2.15. The molecule has 0 bridgehead atoms. The van der Waals surface area contributed by atoms with Gasteiger partial charge in [-0.2, -0.15) is 5.10 Å². The zero-order valence-electron chi connectivity index (χ0n) is 20.0. The summed E-state index contributed by atoms with van der Waals surface area (Å²) in [5, 5.41) is 11.5. The highest BCUT2D eigenvalue weighted by atomic mass is 127. The first kappa shape index (κ1) is 26.7. The fourth-order valence-electron chi connectivity index (χ4n) is 3.50.